The van der Waals surface area contributed by atoms with E-state index in [1.165, 1.54) is 11.6 Å². The van der Waals surface area contributed by atoms with Crippen molar-refractivity contribution in [3.05, 3.63) is 51.1 Å². The summed E-state index contributed by atoms with van der Waals surface area (Å²) in [5.41, 5.74) is 3.60. The third-order valence-corrected chi connectivity index (χ3v) is 4.42. The van der Waals surface area contributed by atoms with Gasteiger partial charge in [0.1, 0.15) is 5.75 Å². The molecule has 108 valence electrons. The van der Waals surface area contributed by atoms with Crippen molar-refractivity contribution in [2.24, 2.45) is 0 Å². The van der Waals surface area contributed by atoms with Crippen LogP contribution in [0.2, 0.25) is 0 Å². The number of phenols is 1. The van der Waals surface area contributed by atoms with Gasteiger partial charge in [-0.25, -0.2) is 0 Å². The zero-order valence-electron chi connectivity index (χ0n) is 11.3. The van der Waals surface area contributed by atoms with Gasteiger partial charge in [0.05, 0.1) is 3.57 Å². The Balaban J connectivity index is 1.79. The second kappa shape index (κ2) is 5.93. The average molecular weight is 394 g/mol. The highest BCUT2D eigenvalue weighted by atomic mass is 127. The maximum Gasteiger partial charge on any atom is 0.255 e. The lowest BCUT2D eigenvalue weighted by Gasteiger charge is -2.18. The first-order chi connectivity index (χ1) is 10.1. The van der Waals surface area contributed by atoms with Crippen molar-refractivity contribution in [1.82, 2.24) is 0 Å². The molecule has 1 amide bonds. The van der Waals surface area contributed by atoms with Crippen LogP contribution >= 0.6 is 22.6 Å². The van der Waals surface area contributed by atoms with Crippen LogP contribution < -0.4 is 10.6 Å². The van der Waals surface area contributed by atoms with Crippen LogP contribution in [0.1, 0.15) is 22.3 Å². The van der Waals surface area contributed by atoms with E-state index >= 15 is 0 Å². The smallest absolute Gasteiger partial charge is 0.255 e. The number of rotatable bonds is 2. The summed E-state index contributed by atoms with van der Waals surface area (Å²) in [4.78, 5) is 12.2. The molecule has 1 heterocycles. The van der Waals surface area contributed by atoms with Crippen molar-refractivity contribution >= 4 is 39.9 Å². The van der Waals surface area contributed by atoms with Crippen molar-refractivity contribution < 1.29 is 9.90 Å². The third-order valence-electron chi connectivity index (χ3n) is 3.51. The lowest BCUT2D eigenvalue weighted by atomic mass is 10.0. The van der Waals surface area contributed by atoms with E-state index in [2.05, 4.69) is 10.6 Å². The van der Waals surface area contributed by atoms with E-state index in [0.29, 0.717) is 5.56 Å². The lowest BCUT2D eigenvalue weighted by Crippen LogP contribution is -2.14. The maximum atomic E-state index is 12.2. The van der Waals surface area contributed by atoms with Gasteiger partial charge in [0.15, 0.2) is 0 Å². The molecule has 2 aromatic carbocycles. The monoisotopic (exact) mass is 394 g/mol. The zero-order valence-corrected chi connectivity index (χ0v) is 13.5. The number of carbonyl (C=O) groups is 1. The molecular weight excluding hydrogens is 379 g/mol. The van der Waals surface area contributed by atoms with Crippen LogP contribution in [0.4, 0.5) is 11.4 Å². The van der Waals surface area contributed by atoms with E-state index in [1.807, 2.05) is 40.8 Å². The molecule has 1 aliphatic heterocycles. The first kappa shape index (κ1) is 14.2. The number of hydrogen-bond acceptors (Lipinski definition) is 3. The van der Waals surface area contributed by atoms with Gasteiger partial charge in [-0.05, 0) is 77.4 Å². The Labute approximate surface area is 136 Å². The molecule has 0 saturated carbocycles. The second-order valence-electron chi connectivity index (χ2n) is 5.02. The van der Waals surface area contributed by atoms with Gasteiger partial charge < -0.3 is 15.7 Å². The van der Waals surface area contributed by atoms with Crippen LogP contribution in [-0.2, 0) is 6.42 Å². The number of hydrogen-bond donors (Lipinski definition) is 3. The van der Waals surface area contributed by atoms with Gasteiger partial charge in [0.25, 0.3) is 5.91 Å². The van der Waals surface area contributed by atoms with Crippen LogP contribution in [0, 0.1) is 3.57 Å². The minimum Gasteiger partial charge on any atom is -0.507 e. The van der Waals surface area contributed by atoms with Crippen LogP contribution in [0.15, 0.2) is 36.4 Å². The minimum atomic E-state index is -0.217. The fourth-order valence-electron chi connectivity index (χ4n) is 2.41. The fourth-order valence-corrected chi connectivity index (χ4v) is 2.75. The normalized spacial score (nSPS) is 13.2. The number of nitrogens with one attached hydrogen (secondary N) is 2. The number of carbonyl (C=O) groups excluding carboxylic acids is 1. The number of fused-ring (bicyclic) bond motifs is 1. The van der Waals surface area contributed by atoms with Crippen molar-refractivity contribution in [3.63, 3.8) is 0 Å². The summed E-state index contributed by atoms with van der Waals surface area (Å²) >= 11 is 2.02. The van der Waals surface area contributed by atoms with Crippen LogP contribution in [0.5, 0.6) is 5.75 Å². The quantitative estimate of drug-likeness (QED) is 0.683. The highest BCUT2D eigenvalue weighted by molar-refractivity contribution is 14.1. The van der Waals surface area contributed by atoms with Crippen molar-refractivity contribution in [2.75, 3.05) is 17.2 Å². The number of anilines is 2. The summed E-state index contributed by atoms with van der Waals surface area (Å²) < 4.78 is 0.726. The van der Waals surface area contributed by atoms with E-state index in [0.717, 1.165) is 34.3 Å². The molecule has 0 fully saturated rings. The van der Waals surface area contributed by atoms with Gasteiger partial charge in [0.2, 0.25) is 0 Å². The molecule has 21 heavy (non-hydrogen) atoms. The molecule has 0 aromatic heterocycles. The molecule has 0 aliphatic carbocycles. The summed E-state index contributed by atoms with van der Waals surface area (Å²) in [5.74, 6) is -0.0942. The number of aromatic hydroxyl groups is 1. The Kier molecular flexibility index (Phi) is 4.01. The molecule has 0 atom stereocenters. The Morgan fingerprint density at radius 1 is 1.24 bits per heavy atom. The molecule has 0 saturated heterocycles. The molecular formula is C16H15IN2O2. The number of aryl methyl sites for hydroxylation is 1. The average Bonchev–Trinajstić information content (AvgIpc) is 2.50. The molecule has 4 nitrogen and oxygen atoms in total. The Morgan fingerprint density at radius 3 is 2.90 bits per heavy atom. The fraction of sp³-hybridized carbons (Fsp3) is 0.188. The van der Waals surface area contributed by atoms with Crippen molar-refractivity contribution in [3.8, 4) is 5.75 Å². The van der Waals surface area contributed by atoms with Crippen molar-refractivity contribution in [2.45, 2.75) is 12.8 Å². The first-order valence-electron chi connectivity index (χ1n) is 6.80. The third kappa shape index (κ3) is 3.12. The lowest BCUT2D eigenvalue weighted by molar-refractivity contribution is 0.102. The molecule has 0 unspecified atom stereocenters. The van der Waals surface area contributed by atoms with Crippen LogP contribution in [0.25, 0.3) is 0 Å². The van der Waals surface area contributed by atoms with Gasteiger partial charge in [-0.3, -0.25) is 4.79 Å². The molecule has 5 heteroatoms. The zero-order chi connectivity index (χ0) is 14.8. The Bertz CT molecular complexity index is 701. The molecule has 1 aliphatic rings. The Morgan fingerprint density at radius 2 is 2.10 bits per heavy atom. The minimum absolute atomic E-state index is 0.123. The molecule has 0 spiro atoms. The van der Waals surface area contributed by atoms with Gasteiger partial charge in [-0.2, -0.15) is 0 Å². The Hall–Kier alpha value is -1.76. The number of halogens is 1. The second-order valence-corrected chi connectivity index (χ2v) is 6.18. The number of amides is 1. The predicted molar refractivity (Wildman–Crippen MR) is 92.0 cm³/mol. The highest BCUT2D eigenvalue weighted by Gasteiger charge is 2.12. The molecule has 3 N–H and O–H groups in total. The van der Waals surface area contributed by atoms with E-state index in [4.69, 9.17) is 0 Å². The molecule has 0 radical (unpaired) electrons. The van der Waals surface area contributed by atoms with E-state index in [1.54, 1.807) is 12.1 Å². The summed E-state index contributed by atoms with van der Waals surface area (Å²) in [6.45, 7) is 1.00. The highest BCUT2D eigenvalue weighted by Crippen LogP contribution is 2.26. The molecule has 3 rings (SSSR count). The predicted octanol–water partition coefficient (Wildman–Crippen LogP) is 3.61. The van der Waals surface area contributed by atoms with Gasteiger partial charge in [-0.15, -0.1) is 0 Å². The van der Waals surface area contributed by atoms with E-state index in [-0.39, 0.29) is 11.7 Å². The van der Waals surface area contributed by atoms with Gasteiger partial charge in [0, 0.05) is 23.5 Å². The van der Waals surface area contributed by atoms with Crippen LogP contribution in [0.3, 0.4) is 0 Å². The van der Waals surface area contributed by atoms with Crippen LogP contribution in [-0.4, -0.2) is 17.6 Å². The maximum absolute atomic E-state index is 12.2. The number of phenolic OH excluding ortho intramolecular Hbond substituents is 1. The van der Waals surface area contributed by atoms with E-state index < -0.39 is 0 Å². The van der Waals surface area contributed by atoms with Crippen molar-refractivity contribution in [1.29, 1.82) is 0 Å². The topological polar surface area (TPSA) is 61.4 Å². The summed E-state index contributed by atoms with van der Waals surface area (Å²) in [6, 6.07) is 10.8. The SMILES string of the molecule is O=C(Nc1ccc2c(c1)CCCN2)c1ccc(I)c(O)c1. The molecule has 0 bridgehead atoms. The van der Waals surface area contributed by atoms with E-state index in [9.17, 15) is 9.90 Å². The summed E-state index contributed by atoms with van der Waals surface area (Å²) in [6.07, 6.45) is 2.13. The largest absolute Gasteiger partial charge is 0.507 e. The molecule has 2 aromatic rings. The first-order valence-corrected chi connectivity index (χ1v) is 7.88. The summed E-state index contributed by atoms with van der Waals surface area (Å²) in [7, 11) is 0. The standard InChI is InChI=1S/C16H15IN2O2/c17-13-5-3-11(9-15(13)20)16(21)19-12-4-6-14-10(8-12)2-1-7-18-14/h3-6,8-9,18,20H,1-2,7H2,(H,19,21). The summed E-state index contributed by atoms with van der Waals surface area (Å²) in [5, 5.41) is 15.9. The van der Waals surface area contributed by atoms with Gasteiger partial charge >= 0.3 is 0 Å². The number of benzene rings is 2. The van der Waals surface area contributed by atoms with Gasteiger partial charge in [-0.1, -0.05) is 0 Å².